The van der Waals surface area contributed by atoms with Crippen LogP contribution in [-0.4, -0.2) is 82.8 Å². The summed E-state index contributed by atoms with van der Waals surface area (Å²) in [7, 11) is 1.72. The molecule has 3 aliphatic heterocycles. The number of hydrogen-bond donors (Lipinski definition) is 2. The van der Waals surface area contributed by atoms with Gasteiger partial charge in [0.1, 0.15) is 24.0 Å². The van der Waals surface area contributed by atoms with Gasteiger partial charge < -0.3 is 24.8 Å². The lowest BCUT2D eigenvalue weighted by atomic mass is 10.1. The third-order valence-electron chi connectivity index (χ3n) is 4.57. The Kier molecular flexibility index (Phi) is 3.36. The van der Waals surface area contributed by atoms with Gasteiger partial charge in [-0.3, -0.25) is 14.3 Å². The van der Waals surface area contributed by atoms with Crippen molar-refractivity contribution in [1.29, 1.82) is 0 Å². The molecule has 2 N–H and O–H groups in total. The molecule has 0 unspecified atom stereocenters. The molecule has 9 heteroatoms. The molecule has 4 atom stereocenters. The van der Waals surface area contributed by atoms with Gasteiger partial charge in [-0.05, 0) is 0 Å². The predicted octanol–water partition coefficient (Wildman–Crippen LogP) is -1.77. The first-order valence-corrected chi connectivity index (χ1v) is 7.60. The molecule has 3 aliphatic rings. The third kappa shape index (κ3) is 2.32. The Bertz CT molecular complexity index is 660. The molecule has 1 aromatic rings. The highest BCUT2D eigenvalue weighted by Crippen LogP contribution is 2.27. The standard InChI is InChI=1S/C14H18N4O5/c1-17-2-3-18-9(14(17)21)4-7(16-18)13(20)15-8-5-22-12-10(19)6-23-11(8)12/h4,8,10-12,19H,2-3,5-6H2,1H3,(H,15,20)/t8-,10-,11-,12-/m1/s1. The number of likely N-dealkylation sites (N-methyl/N-ethyl adjacent to an activating group) is 1. The molecule has 4 rings (SSSR count). The number of hydrogen-bond acceptors (Lipinski definition) is 6. The quantitative estimate of drug-likeness (QED) is 0.667. The SMILES string of the molecule is CN1CCn2nc(C(=O)N[C@@H]3CO[C@H]4[C@@H]3OC[C@H]4O)cc2C1=O. The fourth-order valence-electron chi connectivity index (χ4n) is 3.26. The van der Waals surface area contributed by atoms with Crippen molar-refractivity contribution >= 4 is 11.8 Å². The number of nitrogens with zero attached hydrogens (tertiary/aromatic N) is 3. The van der Waals surface area contributed by atoms with Crippen LogP contribution in [0.1, 0.15) is 21.0 Å². The minimum atomic E-state index is -0.657. The second-order valence-electron chi connectivity index (χ2n) is 6.11. The average molecular weight is 322 g/mol. The van der Waals surface area contributed by atoms with E-state index in [4.69, 9.17) is 9.47 Å². The first-order valence-electron chi connectivity index (χ1n) is 7.60. The van der Waals surface area contributed by atoms with Crippen LogP contribution in [0.5, 0.6) is 0 Å². The number of nitrogens with one attached hydrogen (secondary N) is 1. The summed E-state index contributed by atoms with van der Waals surface area (Å²) in [6.45, 7) is 1.63. The predicted molar refractivity (Wildman–Crippen MR) is 75.9 cm³/mol. The number of aromatic nitrogens is 2. The van der Waals surface area contributed by atoms with Gasteiger partial charge in [-0.1, -0.05) is 0 Å². The molecule has 0 bridgehead atoms. The molecule has 124 valence electrons. The summed E-state index contributed by atoms with van der Waals surface area (Å²) in [5.41, 5.74) is 0.614. The molecule has 2 amide bonds. The second-order valence-corrected chi connectivity index (χ2v) is 6.11. The van der Waals surface area contributed by atoms with Crippen molar-refractivity contribution in [3.63, 3.8) is 0 Å². The highest BCUT2D eigenvalue weighted by atomic mass is 16.6. The lowest BCUT2D eigenvalue weighted by molar-refractivity contribution is 0.0178. The topological polar surface area (TPSA) is 106 Å². The van der Waals surface area contributed by atoms with Crippen molar-refractivity contribution in [2.24, 2.45) is 0 Å². The van der Waals surface area contributed by atoms with E-state index in [2.05, 4.69) is 10.4 Å². The maximum Gasteiger partial charge on any atom is 0.272 e. The zero-order valence-corrected chi connectivity index (χ0v) is 12.6. The van der Waals surface area contributed by atoms with Gasteiger partial charge >= 0.3 is 0 Å². The van der Waals surface area contributed by atoms with Crippen molar-refractivity contribution in [1.82, 2.24) is 20.0 Å². The Morgan fingerprint density at radius 3 is 2.96 bits per heavy atom. The molecular weight excluding hydrogens is 304 g/mol. The number of carbonyl (C=O) groups is 2. The van der Waals surface area contributed by atoms with Gasteiger partial charge in [0.25, 0.3) is 11.8 Å². The average Bonchev–Trinajstić information content (AvgIpc) is 3.21. The van der Waals surface area contributed by atoms with E-state index in [9.17, 15) is 14.7 Å². The van der Waals surface area contributed by atoms with Crippen molar-refractivity contribution in [3.05, 3.63) is 17.5 Å². The molecule has 2 saturated heterocycles. The molecule has 1 aromatic heterocycles. The van der Waals surface area contributed by atoms with E-state index in [0.29, 0.717) is 18.8 Å². The van der Waals surface area contributed by atoms with Gasteiger partial charge in [0.05, 0.1) is 25.8 Å². The van der Waals surface area contributed by atoms with E-state index >= 15 is 0 Å². The summed E-state index contributed by atoms with van der Waals surface area (Å²) in [5, 5.41) is 16.7. The second kappa shape index (κ2) is 5.29. The Hall–Kier alpha value is -1.97. The van der Waals surface area contributed by atoms with Crippen LogP contribution in [0.25, 0.3) is 0 Å². The van der Waals surface area contributed by atoms with Gasteiger partial charge in [-0.25, -0.2) is 0 Å². The molecule has 9 nitrogen and oxygen atoms in total. The lowest BCUT2D eigenvalue weighted by Gasteiger charge is -2.22. The van der Waals surface area contributed by atoms with Gasteiger partial charge in [-0.15, -0.1) is 0 Å². The van der Waals surface area contributed by atoms with E-state index in [1.165, 1.54) is 6.07 Å². The van der Waals surface area contributed by atoms with Crippen LogP contribution in [0, 0.1) is 0 Å². The van der Waals surface area contributed by atoms with Crippen LogP contribution in [-0.2, 0) is 16.0 Å². The Morgan fingerprint density at radius 2 is 2.13 bits per heavy atom. The van der Waals surface area contributed by atoms with Crippen molar-refractivity contribution in [2.75, 3.05) is 26.8 Å². The highest BCUT2D eigenvalue weighted by molar-refractivity contribution is 5.98. The number of carbonyl (C=O) groups excluding carboxylic acids is 2. The van der Waals surface area contributed by atoms with Crippen molar-refractivity contribution < 1.29 is 24.2 Å². The van der Waals surface area contributed by atoms with Gasteiger partial charge in [-0.2, -0.15) is 5.10 Å². The van der Waals surface area contributed by atoms with Crippen molar-refractivity contribution in [2.45, 2.75) is 30.9 Å². The Morgan fingerprint density at radius 1 is 1.35 bits per heavy atom. The first kappa shape index (κ1) is 14.6. The summed E-state index contributed by atoms with van der Waals surface area (Å²) >= 11 is 0. The van der Waals surface area contributed by atoms with E-state index in [-0.39, 0.29) is 42.9 Å². The maximum atomic E-state index is 12.4. The summed E-state index contributed by atoms with van der Waals surface area (Å²) < 4.78 is 12.5. The zero-order valence-electron chi connectivity index (χ0n) is 12.6. The number of aliphatic hydroxyl groups is 1. The molecule has 0 aromatic carbocycles. The van der Waals surface area contributed by atoms with Crippen LogP contribution in [0.2, 0.25) is 0 Å². The molecule has 0 saturated carbocycles. The fraction of sp³-hybridized carbons (Fsp3) is 0.643. The monoisotopic (exact) mass is 322 g/mol. The molecule has 0 spiro atoms. The molecule has 23 heavy (non-hydrogen) atoms. The molecular formula is C14H18N4O5. The maximum absolute atomic E-state index is 12.4. The van der Waals surface area contributed by atoms with Gasteiger partial charge in [0.15, 0.2) is 5.69 Å². The number of rotatable bonds is 2. The van der Waals surface area contributed by atoms with E-state index in [0.717, 1.165) is 0 Å². The van der Waals surface area contributed by atoms with Crippen LogP contribution in [0.4, 0.5) is 0 Å². The minimum absolute atomic E-state index is 0.144. The summed E-state index contributed by atoms with van der Waals surface area (Å²) in [4.78, 5) is 26.0. The van der Waals surface area contributed by atoms with Gasteiger partial charge in [0, 0.05) is 19.7 Å². The smallest absolute Gasteiger partial charge is 0.272 e. The van der Waals surface area contributed by atoms with E-state index < -0.39 is 12.2 Å². The normalized spacial score (nSPS) is 32.8. The van der Waals surface area contributed by atoms with Crippen LogP contribution in [0.3, 0.4) is 0 Å². The first-order chi connectivity index (χ1) is 11.0. The zero-order chi connectivity index (χ0) is 16.1. The van der Waals surface area contributed by atoms with Crippen LogP contribution in [0.15, 0.2) is 6.07 Å². The summed E-state index contributed by atoms with van der Waals surface area (Å²) in [6, 6.07) is 1.17. The summed E-state index contributed by atoms with van der Waals surface area (Å²) in [5.74, 6) is -0.518. The minimum Gasteiger partial charge on any atom is -0.388 e. The van der Waals surface area contributed by atoms with E-state index in [1.807, 2.05) is 0 Å². The molecule has 0 radical (unpaired) electrons. The Balaban J connectivity index is 1.48. The highest BCUT2D eigenvalue weighted by Gasteiger charge is 2.47. The molecule has 0 aliphatic carbocycles. The van der Waals surface area contributed by atoms with Crippen LogP contribution < -0.4 is 5.32 Å². The molecule has 2 fully saturated rings. The largest absolute Gasteiger partial charge is 0.388 e. The number of amides is 2. The van der Waals surface area contributed by atoms with Crippen molar-refractivity contribution in [3.8, 4) is 0 Å². The lowest BCUT2D eigenvalue weighted by Crippen LogP contribution is -2.44. The number of ether oxygens (including phenoxy) is 2. The third-order valence-corrected chi connectivity index (χ3v) is 4.57. The Labute approximate surface area is 132 Å². The summed E-state index contributed by atoms with van der Waals surface area (Å²) in [6.07, 6.45) is -1.40. The van der Waals surface area contributed by atoms with E-state index in [1.54, 1.807) is 16.6 Å². The molecule has 4 heterocycles. The van der Waals surface area contributed by atoms with Crippen LogP contribution >= 0.6 is 0 Å². The number of fused-ring (bicyclic) bond motifs is 2. The van der Waals surface area contributed by atoms with Gasteiger partial charge in [0.2, 0.25) is 0 Å². The number of aliphatic hydroxyl groups excluding tert-OH is 1. The fourth-order valence-corrected chi connectivity index (χ4v) is 3.26.